The van der Waals surface area contributed by atoms with Crippen molar-refractivity contribution in [3.05, 3.63) is 0 Å². The average molecular weight is 1200 g/mol. The number of nitrogens with two attached hydrogens (primary N) is 1. The average Bonchev–Trinajstić information content (AvgIpc) is 3.40. The van der Waals surface area contributed by atoms with Crippen LogP contribution in [-0.4, -0.2) is 177 Å². The van der Waals surface area contributed by atoms with Gasteiger partial charge in [0.2, 0.25) is 23.6 Å². The molecule has 0 rings (SSSR count). The third-order valence-corrected chi connectivity index (χ3v) is 13.7. The fraction of sp³-hybridized carbons (Fsp3) is 0.831. The Balaban J connectivity index is -0.00000207. The van der Waals surface area contributed by atoms with Gasteiger partial charge in [-0.25, -0.2) is 4.79 Å². The van der Waals surface area contributed by atoms with Crippen LogP contribution in [0, 0.1) is 11.8 Å². The van der Waals surface area contributed by atoms with Crippen LogP contribution in [0.3, 0.4) is 0 Å². The molecule has 0 spiro atoms. The molecule has 0 saturated heterocycles. The molecule has 23 heteroatoms. The number of aliphatic carboxylic acids is 2. The standard InChI is InChI=1S/C52H92N4O16S.C4H9NO.3CH4/c1-3-42(46(60)35-43(36-57)41(2)58)39-73-40-50(64)54-27-26-53-48(62)37-72-34-32-70-30-28-55-49(63)38-71-33-31-69-29-20-21-44(59)24-25-45(52(67)68)56-47(61)22-18-16-14-12-10-8-6-4-5-7-9-11-13-15-17-19-23-51(65)66;1-3(5)4(2)6;;;/h42-43,45,57H,3-40H2,1-2H3,(H,53,62)(H,54,64)(H,55,63)(H,56,61)(H,65,66)(H,67,68);3H,5H2,1-2H3;3*1H4/t42-,43-,45-;3-;;;/m00.../s1. The van der Waals surface area contributed by atoms with Gasteiger partial charge in [-0.15, -0.1) is 0 Å². The molecule has 0 aliphatic rings. The molecule has 0 heterocycles. The molecular weight excluding hydrogens is 1080 g/mol. The molecular formula is C59H113N5O17S. The van der Waals surface area contributed by atoms with Crippen molar-refractivity contribution in [2.75, 3.05) is 90.6 Å². The van der Waals surface area contributed by atoms with Crippen molar-refractivity contribution in [3.8, 4) is 0 Å². The van der Waals surface area contributed by atoms with Crippen LogP contribution in [-0.2, 0) is 66.9 Å². The first kappa shape index (κ1) is 86.4. The zero-order valence-electron chi connectivity index (χ0n) is 48.2. The van der Waals surface area contributed by atoms with E-state index in [4.69, 9.17) is 29.8 Å². The second-order valence-corrected chi connectivity index (χ2v) is 20.8. The summed E-state index contributed by atoms with van der Waals surface area (Å²) >= 11 is 1.31. The number of ether oxygens (including phenoxy) is 4. The van der Waals surface area contributed by atoms with Crippen LogP contribution in [0.4, 0.5) is 0 Å². The maximum absolute atomic E-state index is 12.5. The third kappa shape index (κ3) is 58.8. The van der Waals surface area contributed by atoms with Gasteiger partial charge in [-0.2, -0.15) is 11.8 Å². The molecule has 0 aliphatic carbocycles. The number of ketones is 4. The third-order valence-electron chi connectivity index (χ3n) is 12.6. The largest absolute Gasteiger partial charge is 0.481 e. The van der Waals surface area contributed by atoms with E-state index in [0.29, 0.717) is 31.6 Å². The minimum Gasteiger partial charge on any atom is -0.481 e. The van der Waals surface area contributed by atoms with Crippen molar-refractivity contribution in [2.45, 2.75) is 216 Å². The molecule has 0 saturated carbocycles. The van der Waals surface area contributed by atoms with E-state index in [0.717, 1.165) is 38.5 Å². The molecule has 22 nitrogen and oxygen atoms in total. The number of unbranched alkanes of at least 4 members (excludes halogenated alkanes) is 15. The van der Waals surface area contributed by atoms with E-state index in [9.17, 15) is 58.2 Å². The molecule has 0 aromatic rings. The van der Waals surface area contributed by atoms with Crippen LogP contribution >= 0.6 is 11.8 Å². The first-order valence-corrected chi connectivity index (χ1v) is 29.8. The summed E-state index contributed by atoms with van der Waals surface area (Å²) in [6.07, 6.45) is 19.6. The zero-order chi connectivity index (χ0) is 59.3. The summed E-state index contributed by atoms with van der Waals surface area (Å²) in [6.45, 7) is 7.55. The van der Waals surface area contributed by atoms with Gasteiger partial charge in [-0.1, -0.05) is 119 Å². The fourth-order valence-corrected chi connectivity index (χ4v) is 8.54. The Morgan fingerprint density at radius 1 is 0.512 bits per heavy atom. The Kier molecular flexibility index (Phi) is 64.5. The van der Waals surface area contributed by atoms with E-state index in [1.165, 1.54) is 83.4 Å². The van der Waals surface area contributed by atoms with Gasteiger partial charge in [0, 0.05) is 75.9 Å². The van der Waals surface area contributed by atoms with Crippen molar-refractivity contribution >= 4 is 70.5 Å². The SMILES string of the molecule is C.C.C.CC(=O)[C@H](C)N.CC[C@@H](CSCC(=O)NCCNC(=O)COCCOCCNC(=O)COCCOCCCC(=O)CC[C@H](NC(=O)CCCCCCCCCCCCCCCCCCC(=O)O)C(=O)O)C(=O)C[C@@H](CO)C(C)=O. The maximum atomic E-state index is 12.5. The van der Waals surface area contributed by atoms with Gasteiger partial charge in [0.05, 0.1) is 51.4 Å². The number of carbonyl (C=O) groups excluding carboxylic acids is 8. The minimum atomic E-state index is -1.16. The van der Waals surface area contributed by atoms with Crippen LogP contribution in [0.2, 0.25) is 0 Å². The van der Waals surface area contributed by atoms with Crippen molar-refractivity contribution in [2.24, 2.45) is 17.6 Å². The molecule has 482 valence electrons. The Hall–Kier alpha value is -4.39. The number of rotatable bonds is 55. The highest BCUT2D eigenvalue weighted by molar-refractivity contribution is 7.99. The molecule has 0 unspecified atom stereocenters. The normalized spacial score (nSPS) is 12.0. The summed E-state index contributed by atoms with van der Waals surface area (Å²) in [5.41, 5.74) is 5.09. The molecule has 4 atom stereocenters. The molecule has 0 aromatic carbocycles. The van der Waals surface area contributed by atoms with Crippen molar-refractivity contribution in [1.82, 2.24) is 21.3 Å². The van der Waals surface area contributed by atoms with Crippen LogP contribution in [0.1, 0.15) is 204 Å². The summed E-state index contributed by atoms with van der Waals surface area (Å²) in [6, 6.07) is -1.40. The van der Waals surface area contributed by atoms with Crippen LogP contribution in [0.5, 0.6) is 0 Å². The number of Topliss-reactive ketones (excluding diaryl/α,β-unsaturated/α-hetero) is 4. The predicted molar refractivity (Wildman–Crippen MR) is 323 cm³/mol. The number of amides is 4. The van der Waals surface area contributed by atoms with Gasteiger partial charge in [-0.05, 0) is 52.9 Å². The van der Waals surface area contributed by atoms with Gasteiger partial charge < -0.3 is 61.3 Å². The van der Waals surface area contributed by atoms with E-state index >= 15 is 0 Å². The first-order chi connectivity index (χ1) is 37.8. The summed E-state index contributed by atoms with van der Waals surface area (Å²) in [7, 11) is 0. The lowest BCUT2D eigenvalue weighted by Gasteiger charge is -2.16. The van der Waals surface area contributed by atoms with Crippen molar-refractivity contribution in [3.63, 3.8) is 0 Å². The highest BCUT2D eigenvalue weighted by Crippen LogP contribution is 2.19. The van der Waals surface area contributed by atoms with Gasteiger partial charge in [0.25, 0.3) is 0 Å². The number of aliphatic hydroxyl groups excluding tert-OH is 1. The molecule has 4 amide bonds. The Morgan fingerprint density at radius 3 is 1.39 bits per heavy atom. The highest BCUT2D eigenvalue weighted by atomic mass is 32.2. The number of hydrogen-bond donors (Lipinski definition) is 8. The number of hydrogen-bond acceptors (Lipinski definition) is 17. The Bertz CT molecular complexity index is 1690. The van der Waals surface area contributed by atoms with Gasteiger partial charge >= 0.3 is 11.9 Å². The van der Waals surface area contributed by atoms with E-state index in [-0.39, 0.29) is 198 Å². The van der Waals surface area contributed by atoms with E-state index in [1.54, 1.807) is 6.92 Å². The topological polar surface area (TPSA) is 342 Å². The quantitative estimate of drug-likeness (QED) is 0.0285. The highest BCUT2D eigenvalue weighted by Gasteiger charge is 2.24. The monoisotopic (exact) mass is 1200 g/mol. The summed E-state index contributed by atoms with van der Waals surface area (Å²) in [4.78, 5) is 117. The summed E-state index contributed by atoms with van der Waals surface area (Å²) in [5, 5.41) is 38.1. The second-order valence-electron chi connectivity index (χ2n) is 19.7. The fourth-order valence-electron chi connectivity index (χ4n) is 7.43. The smallest absolute Gasteiger partial charge is 0.326 e. The number of carboxylic acid groups (broad SMARTS) is 2. The first-order valence-electron chi connectivity index (χ1n) is 28.7. The summed E-state index contributed by atoms with van der Waals surface area (Å²) in [5.74, 6) is -3.96. The molecule has 0 bridgehead atoms. The number of nitrogens with one attached hydrogen (secondary N) is 4. The van der Waals surface area contributed by atoms with Crippen molar-refractivity contribution < 1.29 is 82.2 Å². The molecule has 0 fully saturated rings. The molecule has 9 N–H and O–H groups in total. The number of carboxylic acids is 2. The molecule has 82 heavy (non-hydrogen) atoms. The maximum Gasteiger partial charge on any atom is 0.326 e. The molecule has 0 aromatic heterocycles. The van der Waals surface area contributed by atoms with Crippen LogP contribution in [0.25, 0.3) is 0 Å². The minimum absolute atomic E-state index is 0. The predicted octanol–water partition coefficient (Wildman–Crippen LogP) is 6.95. The lowest BCUT2D eigenvalue weighted by molar-refractivity contribution is -0.142. The van der Waals surface area contributed by atoms with Crippen molar-refractivity contribution in [1.29, 1.82) is 0 Å². The van der Waals surface area contributed by atoms with Gasteiger partial charge in [-0.3, -0.25) is 43.2 Å². The van der Waals surface area contributed by atoms with E-state index in [2.05, 4.69) is 21.3 Å². The summed E-state index contributed by atoms with van der Waals surface area (Å²) < 4.78 is 21.4. The zero-order valence-corrected chi connectivity index (χ0v) is 49.0. The number of aliphatic hydroxyl groups is 1. The van der Waals surface area contributed by atoms with E-state index < -0.39 is 23.9 Å². The lowest BCUT2D eigenvalue weighted by Crippen LogP contribution is -2.41. The lowest BCUT2D eigenvalue weighted by atomic mass is 9.92. The van der Waals surface area contributed by atoms with Gasteiger partial charge in [0.15, 0.2) is 0 Å². The molecule has 0 radical (unpaired) electrons. The Morgan fingerprint density at radius 2 is 0.951 bits per heavy atom. The number of carbonyl (C=O) groups is 10. The molecule has 0 aliphatic heterocycles. The van der Waals surface area contributed by atoms with Crippen LogP contribution in [0.15, 0.2) is 0 Å². The van der Waals surface area contributed by atoms with Crippen LogP contribution < -0.4 is 27.0 Å². The Labute approximate surface area is 496 Å². The second kappa shape index (κ2) is 61.2. The van der Waals surface area contributed by atoms with E-state index in [1.807, 2.05) is 6.92 Å². The van der Waals surface area contributed by atoms with Gasteiger partial charge in [0.1, 0.15) is 42.4 Å². The number of thioether (sulfide) groups is 1.